The van der Waals surface area contributed by atoms with Crippen molar-refractivity contribution in [2.24, 2.45) is 0 Å². The Hall–Kier alpha value is -1.42. The zero-order valence-corrected chi connectivity index (χ0v) is 14.0. The third-order valence-electron chi connectivity index (χ3n) is 5.29. The van der Waals surface area contributed by atoms with E-state index in [4.69, 9.17) is 0 Å². The summed E-state index contributed by atoms with van der Waals surface area (Å²) in [7, 11) is 0. The molecule has 0 radical (unpaired) electrons. The van der Waals surface area contributed by atoms with Gasteiger partial charge < -0.3 is 10.6 Å². The molecule has 4 nitrogen and oxygen atoms in total. The summed E-state index contributed by atoms with van der Waals surface area (Å²) >= 11 is 0. The average Bonchev–Trinajstić information content (AvgIpc) is 2.84. The van der Waals surface area contributed by atoms with Gasteiger partial charge in [-0.15, -0.1) is 0 Å². The highest BCUT2D eigenvalue weighted by Crippen LogP contribution is 2.24. The summed E-state index contributed by atoms with van der Waals surface area (Å²) < 4.78 is 0. The average molecular weight is 315 g/mol. The summed E-state index contributed by atoms with van der Waals surface area (Å²) in [6, 6.07) is 5.43. The van der Waals surface area contributed by atoms with E-state index in [1.54, 1.807) is 6.20 Å². The van der Waals surface area contributed by atoms with Crippen molar-refractivity contribution in [3.8, 4) is 0 Å². The summed E-state index contributed by atoms with van der Waals surface area (Å²) in [5.74, 6) is 0.172. The molecule has 23 heavy (non-hydrogen) atoms. The van der Waals surface area contributed by atoms with Gasteiger partial charge in [-0.25, -0.2) is 0 Å². The summed E-state index contributed by atoms with van der Waals surface area (Å²) in [5, 5.41) is 7.02. The zero-order chi connectivity index (χ0) is 15.9. The van der Waals surface area contributed by atoms with Gasteiger partial charge in [0.05, 0.1) is 0 Å². The first kappa shape index (κ1) is 16.4. The molecule has 126 valence electrons. The molecule has 0 aromatic carbocycles. The summed E-state index contributed by atoms with van der Waals surface area (Å²) in [5.41, 5.74) is 1.13. The fourth-order valence-corrected chi connectivity index (χ4v) is 3.70. The number of aromatic nitrogens is 1. The van der Waals surface area contributed by atoms with E-state index in [2.05, 4.69) is 15.6 Å². The molecule has 0 aliphatic heterocycles. The molecule has 4 heteroatoms. The second-order valence-electron chi connectivity index (χ2n) is 7.07. The first-order valence-electron chi connectivity index (χ1n) is 9.25. The molecule has 2 atom stereocenters. The summed E-state index contributed by atoms with van der Waals surface area (Å²) in [4.78, 5) is 16.2. The van der Waals surface area contributed by atoms with Crippen LogP contribution in [-0.4, -0.2) is 29.0 Å². The Morgan fingerprint density at radius 3 is 2.52 bits per heavy atom. The Kier molecular flexibility index (Phi) is 6.03. The quantitative estimate of drug-likeness (QED) is 0.794. The number of pyridine rings is 1. The lowest BCUT2D eigenvalue weighted by Crippen LogP contribution is -2.58. The summed E-state index contributed by atoms with van der Waals surface area (Å²) in [6.07, 6.45) is 15.3. The predicted octanol–water partition coefficient (Wildman–Crippen LogP) is 2.97. The van der Waals surface area contributed by atoms with E-state index >= 15 is 0 Å². The number of amides is 1. The molecule has 1 heterocycles. The Bertz CT molecular complexity index is 483. The minimum absolute atomic E-state index is 0.172. The molecule has 3 rings (SSSR count). The number of nitrogens with zero attached hydrogens (tertiary/aromatic N) is 1. The van der Waals surface area contributed by atoms with Crippen LogP contribution in [0.1, 0.15) is 63.4 Å². The van der Waals surface area contributed by atoms with E-state index in [-0.39, 0.29) is 5.91 Å². The van der Waals surface area contributed by atoms with Crippen molar-refractivity contribution in [3.63, 3.8) is 0 Å². The van der Waals surface area contributed by atoms with Crippen molar-refractivity contribution >= 4 is 5.91 Å². The molecule has 1 aromatic rings. The standard InChI is InChI=1S/C19H29N3O/c23-19(12-9-15-6-5-13-20-14-15)22-18-11-10-17(18)21-16-7-3-1-2-4-8-16/h5-6,13-14,16-18,21H,1-4,7-12H2,(H,22,23)/t17-,18+/m0/s1. The van der Waals surface area contributed by atoms with Gasteiger partial charge in [0.25, 0.3) is 0 Å². The molecule has 1 amide bonds. The van der Waals surface area contributed by atoms with Gasteiger partial charge in [0, 0.05) is 36.9 Å². The highest BCUT2D eigenvalue weighted by molar-refractivity contribution is 5.76. The van der Waals surface area contributed by atoms with E-state index < -0.39 is 0 Å². The molecule has 2 fully saturated rings. The van der Waals surface area contributed by atoms with Crippen LogP contribution in [0.2, 0.25) is 0 Å². The first-order valence-corrected chi connectivity index (χ1v) is 9.25. The van der Waals surface area contributed by atoms with E-state index in [0.29, 0.717) is 24.5 Å². The van der Waals surface area contributed by atoms with Crippen LogP contribution < -0.4 is 10.6 Å². The molecule has 2 aliphatic rings. The van der Waals surface area contributed by atoms with Gasteiger partial charge in [-0.1, -0.05) is 31.7 Å². The lowest BCUT2D eigenvalue weighted by Gasteiger charge is -2.40. The van der Waals surface area contributed by atoms with Crippen molar-refractivity contribution < 1.29 is 4.79 Å². The van der Waals surface area contributed by atoms with Crippen LogP contribution in [-0.2, 0) is 11.2 Å². The van der Waals surface area contributed by atoms with Gasteiger partial charge in [-0.05, 0) is 43.7 Å². The summed E-state index contributed by atoms with van der Waals surface area (Å²) in [6.45, 7) is 0. The van der Waals surface area contributed by atoms with Crippen molar-refractivity contribution in [2.45, 2.75) is 82.3 Å². The molecular formula is C19H29N3O. The third-order valence-corrected chi connectivity index (χ3v) is 5.29. The first-order chi connectivity index (χ1) is 11.3. The molecule has 0 unspecified atom stereocenters. The predicted molar refractivity (Wildman–Crippen MR) is 92.1 cm³/mol. The minimum Gasteiger partial charge on any atom is -0.352 e. The van der Waals surface area contributed by atoms with Gasteiger partial charge in [0.2, 0.25) is 5.91 Å². The van der Waals surface area contributed by atoms with Crippen LogP contribution in [0.4, 0.5) is 0 Å². The van der Waals surface area contributed by atoms with Gasteiger partial charge in [-0.2, -0.15) is 0 Å². The molecule has 2 N–H and O–H groups in total. The number of carbonyl (C=O) groups is 1. The number of nitrogens with one attached hydrogen (secondary N) is 2. The van der Waals surface area contributed by atoms with Gasteiger partial charge >= 0.3 is 0 Å². The Labute approximate surface area is 139 Å². The second kappa shape index (κ2) is 8.44. The normalized spacial score (nSPS) is 25.4. The van der Waals surface area contributed by atoms with Crippen molar-refractivity contribution in [1.82, 2.24) is 15.6 Å². The number of aryl methyl sites for hydroxylation is 1. The van der Waals surface area contributed by atoms with Gasteiger partial charge in [-0.3, -0.25) is 9.78 Å². The van der Waals surface area contributed by atoms with E-state index in [9.17, 15) is 4.79 Å². The van der Waals surface area contributed by atoms with Gasteiger partial charge in [0.1, 0.15) is 0 Å². The lowest BCUT2D eigenvalue weighted by molar-refractivity contribution is -0.122. The minimum atomic E-state index is 0.172. The second-order valence-corrected chi connectivity index (χ2v) is 7.07. The number of rotatable bonds is 6. The number of carbonyl (C=O) groups excluding carboxylic acids is 1. The Morgan fingerprint density at radius 2 is 1.87 bits per heavy atom. The Balaban J connectivity index is 1.38. The highest BCUT2D eigenvalue weighted by atomic mass is 16.1. The molecule has 2 saturated carbocycles. The smallest absolute Gasteiger partial charge is 0.220 e. The van der Waals surface area contributed by atoms with E-state index in [1.807, 2.05) is 18.3 Å². The maximum Gasteiger partial charge on any atom is 0.220 e. The highest BCUT2D eigenvalue weighted by Gasteiger charge is 2.33. The topological polar surface area (TPSA) is 54.0 Å². The third kappa shape index (κ3) is 5.03. The fraction of sp³-hybridized carbons (Fsp3) is 0.684. The van der Waals surface area contributed by atoms with Crippen molar-refractivity contribution in [3.05, 3.63) is 30.1 Å². The van der Waals surface area contributed by atoms with Crippen LogP contribution in [0.25, 0.3) is 0 Å². The SMILES string of the molecule is O=C(CCc1cccnc1)N[C@@H]1CC[C@@H]1NC1CCCCCC1. The fourth-order valence-electron chi connectivity index (χ4n) is 3.70. The van der Waals surface area contributed by atoms with Crippen LogP contribution >= 0.6 is 0 Å². The molecule has 0 bridgehead atoms. The molecule has 0 spiro atoms. The molecular weight excluding hydrogens is 286 g/mol. The van der Waals surface area contributed by atoms with Crippen molar-refractivity contribution in [1.29, 1.82) is 0 Å². The monoisotopic (exact) mass is 315 g/mol. The van der Waals surface area contributed by atoms with Crippen LogP contribution in [0.5, 0.6) is 0 Å². The molecule has 1 aromatic heterocycles. The number of hydrogen-bond donors (Lipinski definition) is 2. The lowest BCUT2D eigenvalue weighted by atomic mass is 9.85. The van der Waals surface area contributed by atoms with Gasteiger partial charge in [0.15, 0.2) is 0 Å². The van der Waals surface area contributed by atoms with Crippen LogP contribution in [0.3, 0.4) is 0 Å². The van der Waals surface area contributed by atoms with Crippen LogP contribution in [0.15, 0.2) is 24.5 Å². The zero-order valence-electron chi connectivity index (χ0n) is 14.0. The molecule has 2 aliphatic carbocycles. The maximum atomic E-state index is 12.2. The number of hydrogen-bond acceptors (Lipinski definition) is 3. The maximum absolute atomic E-state index is 12.2. The Morgan fingerprint density at radius 1 is 1.09 bits per heavy atom. The van der Waals surface area contributed by atoms with Crippen molar-refractivity contribution in [2.75, 3.05) is 0 Å². The molecule has 0 saturated heterocycles. The van der Waals surface area contributed by atoms with E-state index in [0.717, 1.165) is 18.4 Å². The van der Waals surface area contributed by atoms with Crippen LogP contribution in [0, 0.1) is 0 Å². The van der Waals surface area contributed by atoms with E-state index in [1.165, 1.54) is 44.9 Å². The largest absolute Gasteiger partial charge is 0.352 e.